The zero-order chi connectivity index (χ0) is 21.3. The highest BCUT2D eigenvalue weighted by Gasteiger charge is 2.55. The maximum absolute atomic E-state index is 13.0. The van der Waals surface area contributed by atoms with Crippen molar-refractivity contribution in [3.05, 3.63) is 35.9 Å². The molecule has 0 aliphatic carbocycles. The van der Waals surface area contributed by atoms with Gasteiger partial charge in [-0.05, 0) is 23.8 Å². The van der Waals surface area contributed by atoms with Crippen LogP contribution in [0.25, 0.3) is 0 Å². The number of carbonyl (C=O) groups excluding carboxylic acids is 2. The molecule has 0 aliphatic heterocycles. The van der Waals surface area contributed by atoms with Gasteiger partial charge in [-0.2, -0.15) is 0 Å². The van der Waals surface area contributed by atoms with Crippen LogP contribution in [0.1, 0.15) is 39.7 Å². The number of hydrogen-bond donors (Lipinski definition) is 3. The largest absolute Gasteiger partial charge is 0.480 e. The Bertz CT molecular complexity index is 664. The van der Waals surface area contributed by atoms with E-state index >= 15 is 0 Å². The molecule has 1 rings (SSSR count). The lowest BCUT2D eigenvalue weighted by molar-refractivity contribution is -0.150. The predicted octanol–water partition coefficient (Wildman–Crippen LogP) is 2.92. The summed E-state index contributed by atoms with van der Waals surface area (Å²) in [5.74, 6) is -2.75. The Hall–Kier alpha value is -2.02. The number of aliphatic carboxylic acids is 1. The lowest BCUT2D eigenvalue weighted by Gasteiger charge is -2.35. The Balaban J connectivity index is 3.33. The Morgan fingerprint density at radius 1 is 1.07 bits per heavy atom. The molecule has 0 aliphatic rings. The number of thioether (sulfide) groups is 1. The Morgan fingerprint density at radius 2 is 1.68 bits per heavy atom. The van der Waals surface area contributed by atoms with Crippen molar-refractivity contribution in [1.82, 2.24) is 10.6 Å². The van der Waals surface area contributed by atoms with Gasteiger partial charge in [-0.15, -0.1) is 11.8 Å². The molecule has 0 radical (unpaired) electrons. The number of rotatable bonds is 11. The Morgan fingerprint density at radius 3 is 2.14 bits per heavy atom. The highest BCUT2D eigenvalue weighted by atomic mass is 32.2. The van der Waals surface area contributed by atoms with Crippen molar-refractivity contribution in [3.63, 3.8) is 0 Å². The van der Waals surface area contributed by atoms with E-state index in [0.29, 0.717) is 18.7 Å². The van der Waals surface area contributed by atoms with Gasteiger partial charge in [-0.1, -0.05) is 58.0 Å². The van der Waals surface area contributed by atoms with E-state index in [4.69, 9.17) is 0 Å². The molecule has 2 atom stereocenters. The first-order valence-electron chi connectivity index (χ1n) is 9.56. The fourth-order valence-corrected chi connectivity index (χ4v) is 4.29. The number of hydrogen-bond acceptors (Lipinski definition) is 4. The van der Waals surface area contributed by atoms with E-state index in [1.54, 1.807) is 0 Å². The monoisotopic (exact) mass is 408 g/mol. The van der Waals surface area contributed by atoms with E-state index in [9.17, 15) is 19.5 Å². The molecule has 0 fully saturated rings. The average molecular weight is 409 g/mol. The van der Waals surface area contributed by atoms with Gasteiger partial charge in [0.2, 0.25) is 16.6 Å². The third-order valence-corrected chi connectivity index (χ3v) is 5.97. The van der Waals surface area contributed by atoms with Crippen molar-refractivity contribution in [3.8, 4) is 0 Å². The number of amides is 2. The number of carboxylic acids is 1. The summed E-state index contributed by atoms with van der Waals surface area (Å²) in [6.07, 6.45) is 0.297. The normalized spacial score (nSPS) is 14.4. The zero-order valence-corrected chi connectivity index (χ0v) is 18.1. The van der Waals surface area contributed by atoms with Crippen LogP contribution in [0.5, 0.6) is 0 Å². The van der Waals surface area contributed by atoms with Gasteiger partial charge >= 0.3 is 5.97 Å². The summed E-state index contributed by atoms with van der Waals surface area (Å²) in [4.78, 5) is 38.3. The Kier molecular flexibility index (Phi) is 9.52. The van der Waals surface area contributed by atoms with Crippen molar-refractivity contribution in [2.45, 2.75) is 44.6 Å². The third kappa shape index (κ3) is 6.26. The van der Waals surface area contributed by atoms with Crippen LogP contribution in [0.4, 0.5) is 0 Å². The van der Waals surface area contributed by atoms with Crippen LogP contribution in [0.2, 0.25) is 0 Å². The minimum absolute atomic E-state index is 0.0514. The highest BCUT2D eigenvalue weighted by molar-refractivity contribution is 8.01. The van der Waals surface area contributed by atoms with E-state index in [1.165, 1.54) is 7.05 Å². The minimum atomic E-state index is -1.91. The van der Waals surface area contributed by atoms with Gasteiger partial charge in [0.1, 0.15) is 0 Å². The van der Waals surface area contributed by atoms with E-state index in [0.717, 1.165) is 17.3 Å². The molecule has 3 N–H and O–H groups in total. The topological polar surface area (TPSA) is 95.5 Å². The summed E-state index contributed by atoms with van der Waals surface area (Å²) in [6.45, 7) is 8.19. The maximum Gasteiger partial charge on any atom is 0.330 e. The first kappa shape index (κ1) is 24.0. The van der Waals surface area contributed by atoms with Crippen molar-refractivity contribution >= 4 is 29.5 Å². The maximum atomic E-state index is 13.0. The first-order valence-corrected chi connectivity index (χ1v) is 10.5. The van der Waals surface area contributed by atoms with Crippen molar-refractivity contribution in [2.75, 3.05) is 13.6 Å². The molecule has 28 heavy (non-hydrogen) atoms. The highest BCUT2D eigenvalue weighted by Crippen LogP contribution is 2.40. The summed E-state index contributed by atoms with van der Waals surface area (Å²) in [5, 5.41) is 15.5. The van der Waals surface area contributed by atoms with Gasteiger partial charge in [-0.25, -0.2) is 0 Å². The standard InChI is InChI=1S/C21H32N2O4S/c1-14(2)11-17(18(24)23-12-15(3)4)21(20(26)27,19(25)22-5)28-13-16-9-7-6-8-10-16/h6-10,14-15,17H,11-13H2,1-5H3,(H,22,25)(H,23,24)(H,26,27)/t17-,21?/m1/s1. The smallest absolute Gasteiger partial charge is 0.330 e. The Labute approximate surface area is 171 Å². The molecule has 1 aromatic rings. The van der Waals surface area contributed by atoms with Gasteiger partial charge in [0.25, 0.3) is 0 Å². The SMILES string of the molecule is CNC(=O)C(SCc1ccccc1)(C(=O)O)[C@H](CC(C)C)C(=O)NCC(C)C. The molecule has 0 saturated heterocycles. The predicted molar refractivity (Wildman–Crippen MR) is 113 cm³/mol. The summed E-state index contributed by atoms with van der Waals surface area (Å²) >= 11 is 1.00. The number of carboxylic acid groups (broad SMARTS) is 1. The second-order valence-electron chi connectivity index (χ2n) is 7.72. The average Bonchev–Trinajstić information content (AvgIpc) is 2.65. The van der Waals surface area contributed by atoms with Gasteiger partial charge < -0.3 is 15.7 Å². The molecule has 1 unspecified atom stereocenters. The van der Waals surface area contributed by atoms with E-state index in [-0.39, 0.29) is 11.8 Å². The van der Waals surface area contributed by atoms with Crippen LogP contribution < -0.4 is 10.6 Å². The second-order valence-corrected chi connectivity index (χ2v) is 8.94. The molecule has 2 amide bonds. The molecule has 6 nitrogen and oxygen atoms in total. The van der Waals surface area contributed by atoms with Crippen LogP contribution in [0.15, 0.2) is 30.3 Å². The van der Waals surface area contributed by atoms with Crippen LogP contribution >= 0.6 is 11.8 Å². The molecule has 156 valence electrons. The molecule has 7 heteroatoms. The lowest BCUT2D eigenvalue weighted by Crippen LogP contribution is -2.59. The van der Waals surface area contributed by atoms with Gasteiger partial charge in [0.05, 0.1) is 5.92 Å². The molecule has 1 aromatic carbocycles. The molecule has 0 heterocycles. The summed E-state index contributed by atoms with van der Waals surface area (Å²) < 4.78 is -1.91. The zero-order valence-electron chi connectivity index (χ0n) is 17.3. The molecule has 0 bridgehead atoms. The molecular formula is C21H32N2O4S. The number of nitrogens with one attached hydrogen (secondary N) is 2. The summed E-state index contributed by atoms with van der Waals surface area (Å²) in [6, 6.07) is 9.34. The number of carbonyl (C=O) groups is 3. The second kappa shape index (κ2) is 11.1. The van der Waals surface area contributed by atoms with Crippen molar-refractivity contribution in [2.24, 2.45) is 17.8 Å². The number of benzene rings is 1. The van der Waals surface area contributed by atoms with Crippen LogP contribution in [0, 0.1) is 17.8 Å². The van der Waals surface area contributed by atoms with Crippen molar-refractivity contribution in [1.29, 1.82) is 0 Å². The van der Waals surface area contributed by atoms with E-state index < -0.39 is 28.4 Å². The van der Waals surface area contributed by atoms with Gasteiger partial charge in [0.15, 0.2) is 0 Å². The fourth-order valence-electron chi connectivity index (χ4n) is 2.95. The van der Waals surface area contributed by atoms with E-state index in [2.05, 4.69) is 10.6 Å². The van der Waals surface area contributed by atoms with Crippen LogP contribution in [0.3, 0.4) is 0 Å². The molecule has 0 saturated carbocycles. The third-order valence-electron chi connectivity index (χ3n) is 4.39. The lowest BCUT2D eigenvalue weighted by atomic mass is 9.83. The molecule has 0 spiro atoms. The summed E-state index contributed by atoms with van der Waals surface area (Å²) in [7, 11) is 1.40. The summed E-state index contributed by atoms with van der Waals surface area (Å²) in [5.41, 5.74) is 0.896. The van der Waals surface area contributed by atoms with Gasteiger partial charge in [0, 0.05) is 19.3 Å². The fraction of sp³-hybridized carbons (Fsp3) is 0.571. The van der Waals surface area contributed by atoms with Crippen LogP contribution in [-0.2, 0) is 20.1 Å². The molecular weight excluding hydrogens is 376 g/mol. The van der Waals surface area contributed by atoms with Crippen LogP contribution in [-0.4, -0.2) is 41.2 Å². The minimum Gasteiger partial charge on any atom is -0.480 e. The van der Waals surface area contributed by atoms with Crippen molar-refractivity contribution < 1.29 is 19.5 Å². The van der Waals surface area contributed by atoms with Gasteiger partial charge in [-0.3, -0.25) is 14.4 Å². The van der Waals surface area contributed by atoms with E-state index in [1.807, 2.05) is 58.0 Å². The first-order chi connectivity index (χ1) is 13.1. The molecule has 0 aromatic heterocycles. The quantitative estimate of drug-likeness (QED) is 0.489.